The van der Waals surface area contributed by atoms with Crippen molar-refractivity contribution in [3.63, 3.8) is 0 Å². The van der Waals surface area contributed by atoms with Crippen LogP contribution in [0.5, 0.6) is 0 Å². The van der Waals surface area contributed by atoms with Crippen molar-refractivity contribution in [2.45, 2.75) is 19.3 Å². The smallest absolute Gasteiger partial charge is 0.0625 e. The van der Waals surface area contributed by atoms with Gasteiger partial charge in [-0.15, -0.1) is 7.92 Å². The van der Waals surface area contributed by atoms with E-state index in [-0.39, 0.29) is 17.8 Å². The van der Waals surface area contributed by atoms with Crippen molar-refractivity contribution in [1.29, 1.82) is 15.8 Å². The van der Waals surface area contributed by atoms with Gasteiger partial charge < -0.3 is 0 Å². The van der Waals surface area contributed by atoms with Gasteiger partial charge in [-0.2, -0.15) is 25.7 Å². The van der Waals surface area contributed by atoms with Crippen LogP contribution in [-0.4, -0.2) is 18.5 Å². The minimum atomic E-state index is -0.246. The van der Waals surface area contributed by atoms with Crippen LogP contribution in [0.2, 0.25) is 0 Å². The first kappa shape index (κ1) is 15.8. The maximum atomic E-state index is 8.40. The molecule has 0 aromatic rings. The van der Waals surface area contributed by atoms with Crippen molar-refractivity contribution in [3.8, 4) is 18.2 Å². The number of rotatable bonds is 6. The summed E-state index contributed by atoms with van der Waals surface area (Å²) in [4.78, 5) is 0. The lowest BCUT2D eigenvalue weighted by Gasteiger charge is -2.11. The van der Waals surface area contributed by atoms with Crippen molar-refractivity contribution in [2.24, 2.45) is 0 Å². The van der Waals surface area contributed by atoms with Crippen molar-refractivity contribution in [1.82, 2.24) is 0 Å². The fourth-order valence-corrected chi connectivity index (χ4v) is 2.88. The molecule has 0 heterocycles. The average Bonchev–Trinajstić information content (AvgIpc) is 2.17. The zero-order valence-corrected chi connectivity index (χ0v) is 10.5. The lowest BCUT2D eigenvalue weighted by Crippen LogP contribution is -1.94. The minimum absolute atomic E-state index is 0. The molecule has 0 radical (unpaired) electrons. The molecule has 0 aliphatic carbocycles. The molecule has 0 amide bonds. The van der Waals surface area contributed by atoms with Gasteiger partial charge in [0.25, 0.3) is 0 Å². The summed E-state index contributed by atoms with van der Waals surface area (Å²) in [5.41, 5.74) is 0. The second kappa shape index (κ2) is 12.3. The van der Waals surface area contributed by atoms with Crippen LogP contribution >= 0.6 is 17.8 Å². The summed E-state index contributed by atoms with van der Waals surface area (Å²) < 4.78 is 0. The first-order chi connectivity index (χ1) is 6.35. The topological polar surface area (TPSA) is 71.4 Å². The zero-order valence-electron chi connectivity index (χ0n) is 8.24. The van der Waals surface area contributed by atoms with Gasteiger partial charge in [0.15, 0.2) is 0 Å². The first-order valence-corrected chi connectivity index (χ1v) is 6.08. The third kappa shape index (κ3) is 9.42. The van der Waals surface area contributed by atoms with E-state index in [1.807, 2.05) is 0 Å². The SMILES string of the molecule is N#CCCP(CCC#N)CCC#N.P. The van der Waals surface area contributed by atoms with Crippen molar-refractivity contribution >= 4 is 17.8 Å². The fraction of sp³-hybridized carbons (Fsp3) is 0.667. The maximum absolute atomic E-state index is 8.40. The minimum Gasteiger partial charge on any atom is -0.198 e. The second-order valence-corrected chi connectivity index (χ2v) is 5.25. The highest BCUT2D eigenvalue weighted by molar-refractivity contribution is 7.57. The van der Waals surface area contributed by atoms with E-state index in [1.165, 1.54) is 0 Å². The van der Waals surface area contributed by atoms with E-state index in [4.69, 9.17) is 15.8 Å². The molecule has 0 aromatic heterocycles. The Bertz CT molecular complexity index is 203. The Morgan fingerprint density at radius 1 is 0.714 bits per heavy atom. The number of hydrogen-bond donors (Lipinski definition) is 0. The molecule has 0 saturated heterocycles. The van der Waals surface area contributed by atoms with E-state index in [0.29, 0.717) is 19.3 Å². The Balaban J connectivity index is 0. The van der Waals surface area contributed by atoms with Gasteiger partial charge in [-0.1, -0.05) is 0 Å². The first-order valence-electron chi connectivity index (χ1n) is 4.18. The van der Waals surface area contributed by atoms with Crippen molar-refractivity contribution in [2.75, 3.05) is 18.5 Å². The molecule has 0 rings (SSSR count). The summed E-state index contributed by atoms with van der Waals surface area (Å²) in [5, 5.41) is 25.2. The summed E-state index contributed by atoms with van der Waals surface area (Å²) >= 11 is 0. The molecule has 1 atom stereocenters. The predicted octanol–water partition coefficient (Wildman–Crippen LogP) is 2.27. The van der Waals surface area contributed by atoms with Crippen LogP contribution in [0, 0.1) is 34.0 Å². The summed E-state index contributed by atoms with van der Waals surface area (Å²) in [6, 6.07) is 6.30. The van der Waals surface area contributed by atoms with Gasteiger partial charge >= 0.3 is 0 Å². The third-order valence-corrected chi connectivity index (χ3v) is 4.19. The molecule has 0 fully saturated rings. The normalized spacial score (nSPS) is 8.14. The van der Waals surface area contributed by atoms with E-state index in [2.05, 4.69) is 18.2 Å². The van der Waals surface area contributed by atoms with Crippen LogP contribution in [0.25, 0.3) is 0 Å². The van der Waals surface area contributed by atoms with E-state index >= 15 is 0 Å². The van der Waals surface area contributed by atoms with Crippen LogP contribution in [0.4, 0.5) is 0 Å². The molecule has 76 valence electrons. The highest BCUT2D eigenvalue weighted by Crippen LogP contribution is 2.37. The van der Waals surface area contributed by atoms with Gasteiger partial charge in [-0.3, -0.25) is 0 Å². The summed E-state index contributed by atoms with van der Waals surface area (Å²) in [7, 11) is -0.246. The Kier molecular flexibility index (Phi) is 13.9. The molecule has 14 heavy (non-hydrogen) atoms. The number of hydrogen-bond acceptors (Lipinski definition) is 3. The van der Waals surface area contributed by atoms with E-state index < -0.39 is 0 Å². The molecule has 0 N–H and O–H groups in total. The van der Waals surface area contributed by atoms with Crippen molar-refractivity contribution in [3.05, 3.63) is 0 Å². The quantitative estimate of drug-likeness (QED) is 0.653. The monoisotopic (exact) mass is 227 g/mol. The Morgan fingerprint density at radius 2 is 1.00 bits per heavy atom. The largest absolute Gasteiger partial charge is 0.198 e. The average molecular weight is 227 g/mol. The highest BCUT2D eigenvalue weighted by atomic mass is 31.1. The number of nitriles is 3. The van der Waals surface area contributed by atoms with Gasteiger partial charge in [0.1, 0.15) is 0 Å². The number of nitrogens with zero attached hydrogens (tertiary/aromatic N) is 3. The molecule has 0 aromatic carbocycles. The summed E-state index contributed by atoms with van der Waals surface area (Å²) in [6.45, 7) is 0. The Hall–Kier alpha value is -0.670. The van der Waals surface area contributed by atoms with Crippen LogP contribution in [0.1, 0.15) is 19.3 Å². The van der Waals surface area contributed by atoms with Gasteiger partial charge in [-0.05, 0) is 18.5 Å². The van der Waals surface area contributed by atoms with Crippen LogP contribution in [0.3, 0.4) is 0 Å². The standard InChI is InChI=1S/C9H12N3P.H3P/c10-4-1-7-13(8-2-5-11)9-3-6-12;/h1-3,7-9H2;1H3. The molecule has 0 aliphatic rings. The van der Waals surface area contributed by atoms with E-state index in [9.17, 15) is 0 Å². The molecule has 1 unspecified atom stereocenters. The predicted molar refractivity (Wildman–Crippen MR) is 63.3 cm³/mol. The molecule has 5 heteroatoms. The molecular formula is C9H15N3P2. The van der Waals surface area contributed by atoms with E-state index in [0.717, 1.165) is 18.5 Å². The fourth-order valence-electron chi connectivity index (χ4n) is 0.960. The van der Waals surface area contributed by atoms with Crippen LogP contribution < -0.4 is 0 Å². The molecule has 0 saturated carbocycles. The van der Waals surface area contributed by atoms with Crippen molar-refractivity contribution < 1.29 is 0 Å². The van der Waals surface area contributed by atoms with Gasteiger partial charge in [0.05, 0.1) is 18.2 Å². The van der Waals surface area contributed by atoms with Crippen LogP contribution in [-0.2, 0) is 0 Å². The maximum Gasteiger partial charge on any atom is 0.0625 e. The molecular weight excluding hydrogens is 212 g/mol. The molecule has 0 spiro atoms. The molecule has 0 bridgehead atoms. The lowest BCUT2D eigenvalue weighted by atomic mass is 10.5. The molecule has 3 nitrogen and oxygen atoms in total. The van der Waals surface area contributed by atoms with Gasteiger partial charge in [0, 0.05) is 19.3 Å². The third-order valence-electron chi connectivity index (χ3n) is 1.62. The van der Waals surface area contributed by atoms with E-state index in [1.54, 1.807) is 0 Å². The van der Waals surface area contributed by atoms with Gasteiger partial charge in [-0.25, -0.2) is 0 Å². The molecule has 0 aliphatic heterocycles. The van der Waals surface area contributed by atoms with Gasteiger partial charge in [0.2, 0.25) is 0 Å². The Labute approximate surface area is 90.1 Å². The summed E-state index contributed by atoms with van der Waals surface area (Å²) in [5.74, 6) is 0. The Morgan fingerprint density at radius 3 is 1.21 bits per heavy atom. The zero-order chi connectivity index (χ0) is 9.94. The summed E-state index contributed by atoms with van der Waals surface area (Å²) in [6.07, 6.45) is 4.33. The second-order valence-electron chi connectivity index (χ2n) is 2.57. The lowest BCUT2D eigenvalue weighted by molar-refractivity contribution is 1.14. The highest BCUT2D eigenvalue weighted by Gasteiger charge is 2.06. The van der Waals surface area contributed by atoms with Crippen LogP contribution in [0.15, 0.2) is 0 Å².